The van der Waals surface area contributed by atoms with E-state index in [0.717, 1.165) is 22.3 Å². The molecule has 41 heavy (non-hydrogen) atoms. The molecule has 0 aliphatic heterocycles. The zero-order valence-electron chi connectivity index (χ0n) is 24.3. The molecule has 0 saturated carbocycles. The number of nitrogens with two attached hydrogens (primary N) is 1. The van der Waals surface area contributed by atoms with Crippen molar-refractivity contribution in [1.29, 1.82) is 0 Å². The lowest BCUT2D eigenvalue weighted by Gasteiger charge is -2.27. The summed E-state index contributed by atoms with van der Waals surface area (Å²) in [6.07, 6.45) is 0.836. The van der Waals surface area contributed by atoms with Crippen molar-refractivity contribution in [2.45, 2.75) is 65.2 Å². The molecule has 3 aromatic rings. The van der Waals surface area contributed by atoms with Crippen molar-refractivity contribution >= 4 is 17.7 Å². The first kappa shape index (κ1) is 31.4. The van der Waals surface area contributed by atoms with Crippen LogP contribution in [0.3, 0.4) is 0 Å². The molecule has 0 fully saturated rings. The van der Waals surface area contributed by atoms with E-state index in [-0.39, 0.29) is 29.9 Å². The molecule has 0 saturated heterocycles. The molecule has 0 aromatic heterocycles. The largest absolute Gasteiger partial charge is 0.508 e. The van der Waals surface area contributed by atoms with Crippen LogP contribution < -0.4 is 21.7 Å². The monoisotopic (exact) mass is 558 g/mol. The van der Waals surface area contributed by atoms with Gasteiger partial charge in [0.25, 0.3) is 0 Å². The van der Waals surface area contributed by atoms with E-state index in [0.29, 0.717) is 13.0 Å². The summed E-state index contributed by atoms with van der Waals surface area (Å²) in [6, 6.07) is 21.9. The van der Waals surface area contributed by atoms with Gasteiger partial charge in [0.15, 0.2) is 0 Å². The van der Waals surface area contributed by atoms with Crippen molar-refractivity contribution in [2.75, 3.05) is 0 Å². The zero-order valence-corrected chi connectivity index (χ0v) is 24.3. The van der Waals surface area contributed by atoms with Crippen LogP contribution in [0.25, 0.3) is 11.1 Å². The van der Waals surface area contributed by atoms with Gasteiger partial charge in [0.2, 0.25) is 17.7 Å². The maximum absolute atomic E-state index is 13.5. The fraction of sp³-hybridized carbons (Fsp3) is 0.364. The highest BCUT2D eigenvalue weighted by molar-refractivity contribution is 5.93. The van der Waals surface area contributed by atoms with Gasteiger partial charge in [-0.05, 0) is 46.2 Å². The first-order valence-corrected chi connectivity index (χ1v) is 14.1. The number of carbonyl (C=O) groups is 3. The number of carbonyl (C=O) groups excluding carboxylic acids is 3. The molecule has 6 N–H and O–H groups in total. The Labute approximate surface area is 242 Å². The van der Waals surface area contributed by atoms with E-state index in [2.05, 4.69) is 16.0 Å². The van der Waals surface area contributed by atoms with Crippen LogP contribution in [-0.4, -0.2) is 41.0 Å². The minimum absolute atomic E-state index is 0.101. The number of rotatable bonds is 13. The van der Waals surface area contributed by atoms with E-state index >= 15 is 0 Å². The lowest BCUT2D eigenvalue weighted by atomic mass is 9.96. The molecule has 3 aromatic carbocycles. The third-order valence-corrected chi connectivity index (χ3v) is 7.35. The number of phenolic OH excluding ortho intramolecular Hbond substituents is 1. The number of amides is 3. The van der Waals surface area contributed by atoms with Crippen LogP contribution in [0.4, 0.5) is 0 Å². The van der Waals surface area contributed by atoms with E-state index in [4.69, 9.17) is 5.73 Å². The SMILES string of the molecule is CC[C@H](C)[C@H](NC(=O)[C@H](Cc1ccc(O)cc1)NC(=O)[C@@H](N)C(C)C)C(=O)NCc1ccc(-c2ccccc2)cc1. The predicted molar refractivity (Wildman–Crippen MR) is 162 cm³/mol. The van der Waals surface area contributed by atoms with Crippen LogP contribution in [0.2, 0.25) is 0 Å². The minimum atomic E-state index is -0.957. The van der Waals surface area contributed by atoms with Gasteiger partial charge in [-0.25, -0.2) is 0 Å². The van der Waals surface area contributed by atoms with Crippen LogP contribution in [-0.2, 0) is 27.3 Å². The fourth-order valence-corrected chi connectivity index (χ4v) is 4.35. The van der Waals surface area contributed by atoms with Gasteiger partial charge >= 0.3 is 0 Å². The average Bonchev–Trinajstić information content (AvgIpc) is 2.99. The molecular formula is C33H42N4O4. The first-order chi connectivity index (χ1) is 19.6. The molecule has 4 atom stereocenters. The highest BCUT2D eigenvalue weighted by Crippen LogP contribution is 2.19. The Morgan fingerprint density at radius 1 is 0.756 bits per heavy atom. The second-order valence-corrected chi connectivity index (χ2v) is 10.9. The van der Waals surface area contributed by atoms with E-state index < -0.39 is 29.9 Å². The standard InChI is InChI=1S/C33H42N4O4/c1-5-22(4)30(33(41)35-20-24-11-15-26(16-12-24)25-9-7-6-8-10-25)37-31(39)28(36-32(40)29(34)21(2)3)19-23-13-17-27(38)18-14-23/h6-18,21-22,28-30,38H,5,19-20,34H2,1-4H3,(H,35,41)(H,36,40)(H,37,39)/t22-,28-,29-,30-/m0/s1. The van der Waals surface area contributed by atoms with Gasteiger partial charge in [-0.1, -0.05) is 101 Å². The summed E-state index contributed by atoms with van der Waals surface area (Å²) < 4.78 is 0. The summed E-state index contributed by atoms with van der Waals surface area (Å²) in [4.78, 5) is 39.6. The first-order valence-electron chi connectivity index (χ1n) is 14.1. The van der Waals surface area contributed by atoms with Crippen LogP contribution in [0, 0.1) is 11.8 Å². The summed E-state index contributed by atoms with van der Waals surface area (Å²) in [5.41, 5.74) is 9.92. The van der Waals surface area contributed by atoms with Gasteiger partial charge in [0.05, 0.1) is 6.04 Å². The molecule has 218 valence electrons. The zero-order chi connectivity index (χ0) is 29.9. The molecule has 0 spiro atoms. The molecule has 0 heterocycles. The van der Waals surface area contributed by atoms with Crippen molar-refractivity contribution in [1.82, 2.24) is 16.0 Å². The lowest BCUT2D eigenvalue weighted by molar-refractivity contribution is -0.133. The average molecular weight is 559 g/mol. The molecule has 3 rings (SSSR count). The number of benzene rings is 3. The Morgan fingerprint density at radius 3 is 1.93 bits per heavy atom. The Bertz CT molecular complexity index is 1280. The summed E-state index contributed by atoms with van der Waals surface area (Å²) >= 11 is 0. The second kappa shape index (κ2) is 15.0. The van der Waals surface area contributed by atoms with Crippen molar-refractivity contribution in [3.63, 3.8) is 0 Å². The highest BCUT2D eigenvalue weighted by atomic mass is 16.3. The molecular weight excluding hydrogens is 516 g/mol. The summed E-state index contributed by atoms with van der Waals surface area (Å²) in [5.74, 6) is -1.38. The second-order valence-electron chi connectivity index (χ2n) is 10.9. The van der Waals surface area contributed by atoms with Crippen molar-refractivity contribution in [3.05, 3.63) is 90.0 Å². The van der Waals surface area contributed by atoms with E-state index in [1.165, 1.54) is 12.1 Å². The smallest absolute Gasteiger partial charge is 0.243 e. The molecule has 0 aliphatic carbocycles. The van der Waals surface area contributed by atoms with Gasteiger partial charge in [-0.3, -0.25) is 14.4 Å². The maximum atomic E-state index is 13.5. The summed E-state index contributed by atoms with van der Waals surface area (Å²) in [5, 5.41) is 18.2. The van der Waals surface area contributed by atoms with Crippen LogP contribution in [0.1, 0.15) is 45.2 Å². The quantitative estimate of drug-likeness (QED) is 0.217. The molecule has 8 heteroatoms. The number of hydrogen-bond acceptors (Lipinski definition) is 5. The number of hydrogen-bond donors (Lipinski definition) is 5. The van der Waals surface area contributed by atoms with Gasteiger partial charge in [-0.15, -0.1) is 0 Å². The Morgan fingerprint density at radius 2 is 1.34 bits per heavy atom. The Balaban J connectivity index is 1.71. The maximum Gasteiger partial charge on any atom is 0.243 e. The Kier molecular flexibility index (Phi) is 11.5. The molecule has 0 unspecified atom stereocenters. The summed E-state index contributed by atoms with van der Waals surface area (Å²) in [7, 11) is 0. The number of aromatic hydroxyl groups is 1. The van der Waals surface area contributed by atoms with E-state index in [1.807, 2.05) is 82.3 Å². The topological polar surface area (TPSA) is 134 Å². The van der Waals surface area contributed by atoms with Gasteiger partial charge in [0, 0.05) is 13.0 Å². The minimum Gasteiger partial charge on any atom is -0.508 e. The van der Waals surface area contributed by atoms with Gasteiger partial charge in [0.1, 0.15) is 17.8 Å². The summed E-state index contributed by atoms with van der Waals surface area (Å²) in [6.45, 7) is 7.83. The third kappa shape index (κ3) is 9.18. The normalized spacial score (nSPS) is 14.0. The number of phenols is 1. The van der Waals surface area contributed by atoms with Crippen LogP contribution in [0.5, 0.6) is 5.75 Å². The molecule has 0 bridgehead atoms. The molecule has 3 amide bonds. The van der Waals surface area contributed by atoms with Crippen LogP contribution >= 0.6 is 0 Å². The molecule has 8 nitrogen and oxygen atoms in total. The Hall–Kier alpha value is -4.17. The van der Waals surface area contributed by atoms with Crippen molar-refractivity contribution in [2.24, 2.45) is 17.6 Å². The van der Waals surface area contributed by atoms with E-state index in [1.54, 1.807) is 12.1 Å². The van der Waals surface area contributed by atoms with Gasteiger partial charge in [-0.2, -0.15) is 0 Å². The van der Waals surface area contributed by atoms with E-state index in [9.17, 15) is 19.5 Å². The third-order valence-electron chi connectivity index (χ3n) is 7.35. The number of nitrogens with one attached hydrogen (secondary N) is 3. The molecule has 0 radical (unpaired) electrons. The fourth-order valence-electron chi connectivity index (χ4n) is 4.35. The molecule has 0 aliphatic rings. The van der Waals surface area contributed by atoms with Gasteiger partial charge < -0.3 is 26.8 Å². The van der Waals surface area contributed by atoms with Crippen LogP contribution in [0.15, 0.2) is 78.9 Å². The predicted octanol–water partition coefficient (Wildman–Crippen LogP) is 3.92. The van der Waals surface area contributed by atoms with Crippen molar-refractivity contribution in [3.8, 4) is 16.9 Å². The lowest BCUT2D eigenvalue weighted by Crippen LogP contribution is -2.58. The van der Waals surface area contributed by atoms with Crippen molar-refractivity contribution < 1.29 is 19.5 Å². The highest BCUT2D eigenvalue weighted by Gasteiger charge is 2.31.